The molecule has 0 aliphatic heterocycles. The van der Waals surface area contributed by atoms with Crippen molar-refractivity contribution in [2.75, 3.05) is 13.2 Å². The van der Waals surface area contributed by atoms with Gasteiger partial charge in [-0.1, -0.05) is 45.9 Å². The molecule has 2 nitrogen and oxygen atoms in total. The van der Waals surface area contributed by atoms with Gasteiger partial charge in [-0.25, -0.2) is 0 Å². The monoisotopic (exact) mass is 263 g/mol. The number of rotatable bonds is 5. The molecule has 1 rings (SSSR count). The lowest BCUT2D eigenvalue weighted by Crippen LogP contribution is -2.20. The standard InChI is InChI=1S/C17H29NO/c1-12-6-7-15(9-16(12)17(3,4)5)13(2)8-14(10-18)11-19/h6-7,9,13-14,19H,8,10-11,18H2,1-5H3. The lowest BCUT2D eigenvalue weighted by Gasteiger charge is -2.25. The van der Waals surface area contributed by atoms with Crippen LogP contribution >= 0.6 is 0 Å². The zero-order valence-electron chi connectivity index (χ0n) is 13.0. The normalized spacial score (nSPS) is 15.3. The lowest BCUT2D eigenvalue weighted by atomic mass is 9.81. The van der Waals surface area contributed by atoms with Gasteiger partial charge in [0.1, 0.15) is 0 Å². The van der Waals surface area contributed by atoms with Gasteiger partial charge in [-0.05, 0) is 53.8 Å². The van der Waals surface area contributed by atoms with E-state index in [1.165, 1.54) is 16.7 Å². The zero-order chi connectivity index (χ0) is 14.6. The Bertz CT molecular complexity index is 402. The highest BCUT2D eigenvalue weighted by atomic mass is 16.3. The van der Waals surface area contributed by atoms with Gasteiger partial charge in [-0.3, -0.25) is 0 Å². The van der Waals surface area contributed by atoms with Crippen molar-refractivity contribution < 1.29 is 5.11 Å². The Balaban J connectivity index is 2.96. The van der Waals surface area contributed by atoms with Crippen LogP contribution in [-0.2, 0) is 5.41 Å². The average molecular weight is 263 g/mol. The van der Waals surface area contributed by atoms with E-state index in [2.05, 4.69) is 52.8 Å². The highest BCUT2D eigenvalue weighted by Gasteiger charge is 2.19. The number of nitrogens with two attached hydrogens (primary N) is 1. The van der Waals surface area contributed by atoms with Crippen molar-refractivity contribution in [2.24, 2.45) is 11.7 Å². The van der Waals surface area contributed by atoms with Gasteiger partial charge in [0.15, 0.2) is 0 Å². The van der Waals surface area contributed by atoms with Crippen LogP contribution < -0.4 is 5.73 Å². The number of hydrogen-bond acceptors (Lipinski definition) is 2. The van der Waals surface area contributed by atoms with Crippen LogP contribution in [0.4, 0.5) is 0 Å². The molecule has 0 radical (unpaired) electrons. The molecular weight excluding hydrogens is 234 g/mol. The largest absolute Gasteiger partial charge is 0.396 e. The molecule has 0 saturated carbocycles. The van der Waals surface area contributed by atoms with E-state index in [1.54, 1.807) is 0 Å². The molecule has 0 saturated heterocycles. The second-order valence-corrected chi connectivity index (χ2v) is 6.75. The van der Waals surface area contributed by atoms with Gasteiger partial charge in [-0.15, -0.1) is 0 Å². The number of aryl methyl sites for hydroxylation is 1. The van der Waals surface area contributed by atoms with Crippen LogP contribution in [-0.4, -0.2) is 18.3 Å². The summed E-state index contributed by atoms with van der Waals surface area (Å²) in [6.07, 6.45) is 0.944. The second kappa shape index (κ2) is 6.53. The van der Waals surface area contributed by atoms with E-state index >= 15 is 0 Å². The van der Waals surface area contributed by atoms with E-state index in [4.69, 9.17) is 5.73 Å². The maximum Gasteiger partial charge on any atom is 0.0471 e. The van der Waals surface area contributed by atoms with Crippen molar-refractivity contribution in [3.63, 3.8) is 0 Å². The van der Waals surface area contributed by atoms with E-state index in [9.17, 15) is 5.11 Å². The van der Waals surface area contributed by atoms with Crippen molar-refractivity contribution in [2.45, 2.75) is 52.4 Å². The van der Waals surface area contributed by atoms with Crippen LogP contribution in [0.2, 0.25) is 0 Å². The fraction of sp³-hybridized carbons (Fsp3) is 0.647. The van der Waals surface area contributed by atoms with Crippen molar-refractivity contribution >= 4 is 0 Å². The number of aliphatic hydroxyl groups excluding tert-OH is 1. The predicted molar refractivity (Wildman–Crippen MR) is 82.5 cm³/mol. The van der Waals surface area contributed by atoms with Crippen LogP contribution in [0.1, 0.15) is 56.7 Å². The molecule has 19 heavy (non-hydrogen) atoms. The molecular formula is C17H29NO. The van der Waals surface area contributed by atoms with E-state index in [-0.39, 0.29) is 17.9 Å². The fourth-order valence-corrected chi connectivity index (χ4v) is 2.64. The number of hydrogen-bond donors (Lipinski definition) is 2. The van der Waals surface area contributed by atoms with Gasteiger partial charge in [0, 0.05) is 6.61 Å². The third-order valence-corrected chi connectivity index (χ3v) is 3.92. The minimum absolute atomic E-state index is 0.171. The summed E-state index contributed by atoms with van der Waals surface area (Å²) in [5, 5.41) is 9.27. The van der Waals surface area contributed by atoms with E-state index in [1.807, 2.05) is 0 Å². The fourth-order valence-electron chi connectivity index (χ4n) is 2.64. The zero-order valence-corrected chi connectivity index (χ0v) is 13.0. The molecule has 0 aliphatic rings. The Labute approximate surface area is 118 Å². The number of aliphatic hydroxyl groups is 1. The Kier molecular flexibility index (Phi) is 5.57. The van der Waals surface area contributed by atoms with Gasteiger partial charge in [0.05, 0.1) is 0 Å². The minimum atomic E-state index is 0.171. The summed E-state index contributed by atoms with van der Waals surface area (Å²) >= 11 is 0. The van der Waals surface area contributed by atoms with Crippen LogP contribution in [0.3, 0.4) is 0 Å². The van der Waals surface area contributed by atoms with Crippen molar-refractivity contribution in [3.05, 3.63) is 34.9 Å². The van der Waals surface area contributed by atoms with E-state index in [0.29, 0.717) is 12.5 Å². The molecule has 1 aromatic rings. The molecule has 0 fully saturated rings. The first-order valence-electron chi connectivity index (χ1n) is 7.21. The molecule has 2 atom stereocenters. The van der Waals surface area contributed by atoms with Crippen LogP contribution in [0, 0.1) is 12.8 Å². The SMILES string of the molecule is Cc1ccc(C(C)CC(CN)CO)cc1C(C)(C)C. The molecule has 0 aliphatic carbocycles. The van der Waals surface area contributed by atoms with Crippen molar-refractivity contribution in [1.29, 1.82) is 0 Å². The van der Waals surface area contributed by atoms with Crippen molar-refractivity contribution in [1.82, 2.24) is 0 Å². The van der Waals surface area contributed by atoms with E-state index < -0.39 is 0 Å². The number of benzene rings is 1. The molecule has 0 heterocycles. The van der Waals surface area contributed by atoms with Crippen LogP contribution in [0.5, 0.6) is 0 Å². The maximum atomic E-state index is 9.27. The smallest absolute Gasteiger partial charge is 0.0471 e. The molecule has 2 heteroatoms. The summed E-state index contributed by atoms with van der Waals surface area (Å²) in [5.41, 5.74) is 9.95. The molecule has 2 unspecified atom stereocenters. The van der Waals surface area contributed by atoms with Crippen LogP contribution in [0.15, 0.2) is 18.2 Å². The highest BCUT2D eigenvalue weighted by Crippen LogP contribution is 2.30. The third-order valence-electron chi connectivity index (χ3n) is 3.92. The Morgan fingerprint density at radius 2 is 1.89 bits per heavy atom. The first-order valence-corrected chi connectivity index (χ1v) is 7.21. The molecule has 0 amide bonds. The van der Waals surface area contributed by atoms with Gasteiger partial charge in [0.2, 0.25) is 0 Å². The van der Waals surface area contributed by atoms with Crippen LogP contribution in [0.25, 0.3) is 0 Å². The molecule has 3 N–H and O–H groups in total. The average Bonchev–Trinajstić information content (AvgIpc) is 2.34. The molecule has 0 spiro atoms. The molecule has 0 bridgehead atoms. The summed E-state index contributed by atoms with van der Waals surface area (Å²) < 4.78 is 0. The topological polar surface area (TPSA) is 46.2 Å². The van der Waals surface area contributed by atoms with E-state index in [0.717, 1.165) is 6.42 Å². The first kappa shape index (κ1) is 16.2. The van der Waals surface area contributed by atoms with Gasteiger partial charge < -0.3 is 10.8 Å². The molecule has 1 aromatic carbocycles. The summed E-state index contributed by atoms with van der Waals surface area (Å²) in [6, 6.07) is 6.74. The lowest BCUT2D eigenvalue weighted by molar-refractivity contribution is 0.217. The molecule has 0 aromatic heterocycles. The third kappa shape index (κ3) is 4.32. The van der Waals surface area contributed by atoms with Gasteiger partial charge >= 0.3 is 0 Å². The summed E-state index contributed by atoms with van der Waals surface area (Å²) in [7, 11) is 0. The Morgan fingerprint density at radius 1 is 1.26 bits per heavy atom. The van der Waals surface area contributed by atoms with Gasteiger partial charge in [-0.2, -0.15) is 0 Å². The highest BCUT2D eigenvalue weighted by molar-refractivity contribution is 5.37. The summed E-state index contributed by atoms with van der Waals surface area (Å²) in [4.78, 5) is 0. The Hall–Kier alpha value is -0.860. The van der Waals surface area contributed by atoms with Crippen molar-refractivity contribution in [3.8, 4) is 0 Å². The first-order chi connectivity index (χ1) is 8.79. The minimum Gasteiger partial charge on any atom is -0.396 e. The van der Waals surface area contributed by atoms with Gasteiger partial charge in [0.25, 0.3) is 0 Å². The second-order valence-electron chi connectivity index (χ2n) is 6.75. The predicted octanol–water partition coefficient (Wildman–Crippen LogP) is 3.35. The maximum absolute atomic E-state index is 9.27. The summed E-state index contributed by atoms with van der Waals surface area (Å²) in [6.45, 7) is 11.9. The molecule has 108 valence electrons. The summed E-state index contributed by atoms with van der Waals surface area (Å²) in [5.74, 6) is 0.636. The quantitative estimate of drug-likeness (QED) is 0.855. The Morgan fingerprint density at radius 3 is 2.37 bits per heavy atom.